The molecule has 0 aromatic heterocycles. The van der Waals surface area contributed by atoms with Crippen molar-refractivity contribution in [3.05, 3.63) is 58.6 Å². The number of hydrogen-bond donors (Lipinski definition) is 2. The van der Waals surface area contributed by atoms with Crippen LogP contribution in [0.2, 0.25) is 5.02 Å². The van der Waals surface area contributed by atoms with Gasteiger partial charge in [-0.2, -0.15) is 0 Å². The number of halogens is 1. The van der Waals surface area contributed by atoms with E-state index in [4.69, 9.17) is 11.6 Å². The molecule has 0 aliphatic heterocycles. The molecule has 6 nitrogen and oxygen atoms in total. The lowest BCUT2D eigenvalue weighted by atomic mass is 10.2. The van der Waals surface area contributed by atoms with Crippen LogP contribution >= 0.6 is 11.6 Å². The third-order valence-corrected chi connectivity index (χ3v) is 5.56. The van der Waals surface area contributed by atoms with Crippen molar-refractivity contribution in [1.82, 2.24) is 10.2 Å². The molecule has 0 radical (unpaired) electrons. The summed E-state index contributed by atoms with van der Waals surface area (Å²) >= 11 is 6.08. The molecule has 140 valence electrons. The molecule has 2 aromatic carbocycles. The van der Waals surface area contributed by atoms with Gasteiger partial charge in [-0.15, -0.1) is 0 Å². The summed E-state index contributed by atoms with van der Waals surface area (Å²) in [5, 5.41) is 2.80. The molecule has 0 saturated heterocycles. The van der Waals surface area contributed by atoms with Crippen LogP contribution in [0.4, 0.5) is 5.69 Å². The summed E-state index contributed by atoms with van der Waals surface area (Å²) in [7, 11) is -0.128. The zero-order valence-corrected chi connectivity index (χ0v) is 16.5. The van der Waals surface area contributed by atoms with Crippen LogP contribution in [0.25, 0.3) is 0 Å². The summed E-state index contributed by atoms with van der Waals surface area (Å²) in [4.78, 5) is 14.0. The van der Waals surface area contributed by atoms with Crippen LogP contribution in [-0.4, -0.2) is 46.4 Å². The average Bonchev–Trinajstić information content (AvgIpc) is 2.56. The lowest BCUT2D eigenvalue weighted by Crippen LogP contribution is -2.31. The summed E-state index contributed by atoms with van der Waals surface area (Å²) in [6.07, 6.45) is 0. The van der Waals surface area contributed by atoms with Crippen molar-refractivity contribution < 1.29 is 13.2 Å². The van der Waals surface area contributed by atoms with Crippen molar-refractivity contribution in [1.29, 1.82) is 0 Å². The van der Waals surface area contributed by atoms with Crippen LogP contribution in [0, 0.1) is 6.92 Å². The van der Waals surface area contributed by atoms with E-state index in [9.17, 15) is 13.2 Å². The maximum Gasteiger partial charge on any atom is 0.263 e. The first-order chi connectivity index (χ1) is 12.2. The van der Waals surface area contributed by atoms with Gasteiger partial charge in [0.25, 0.3) is 15.9 Å². The Morgan fingerprint density at radius 2 is 1.85 bits per heavy atom. The Labute approximate surface area is 159 Å². The molecule has 0 spiro atoms. The first-order valence-corrected chi connectivity index (χ1v) is 9.88. The number of aryl methyl sites for hydroxylation is 1. The van der Waals surface area contributed by atoms with Crippen molar-refractivity contribution >= 4 is 33.2 Å². The molecule has 1 amide bonds. The molecule has 0 aliphatic carbocycles. The van der Waals surface area contributed by atoms with Gasteiger partial charge in [-0.25, -0.2) is 8.42 Å². The standard InChI is InChI=1S/C18H22ClN3O3S/c1-13-6-4-5-7-16(13)21-26(24,25)17-12-14(8-9-15(17)19)18(23)20-10-11-22(2)3/h4-9,12,21H,10-11H2,1-3H3,(H,20,23). The maximum absolute atomic E-state index is 12.7. The number of likely N-dealkylation sites (N-methyl/N-ethyl adjacent to an activating group) is 1. The van der Waals surface area contributed by atoms with E-state index in [2.05, 4.69) is 10.0 Å². The molecule has 0 bridgehead atoms. The number of nitrogens with one attached hydrogen (secondary N) is 2. The van der Waals surface area contributed by atoms with Crippen molar-refractivity contribution in [3.63, 3.8) is 0 Å². The van der Waals surface area contributed by atoms with E-state index in [0.717, 1.165) is 5.56 Å². The molecular weight excluding hydrogens is 374 g/mol. The molecule has 2 N–H and O–H groups in total. The fraction of sp³-hybridized carbons (Fsp3) is 0.278. The van der Waals surface area contributed by atoms with Gasteiger partial charge in [-0.1, -0.05) is 29.8 Å². The summed E-state index contributed by atoms with van der Waals surface area (Å²) in [5.74, 6) is -0.351. The summed E-state index contributed by atoms with van der Waals surface area (Å²) < 4.78 is 28.0. The zero-order valence-electron chi connectivity index (χ0n) is 14.9. The second-order valence-corrected chi connectivity index (χ2v) is 8.18. The number of rotatable bonds is 7. The van der Waals surface area contributed by atoms with E-state index < -0.39 is 10.0 Å². The topological polar surface area (TPSA) is 78.5 Å². The Bertz CT molecular complexity index is 898. The molecule has 0 saturated carbocycles. The number of nitrogens with zero attached hydrogens (tertiary/aromatic N) is 1. The molecule has 2 aromatic rings. The molecule has 0 fully saturated rings. The lowest BCUT2D eigenvalue weighted by Gasteiger charge is -2.13. The van der Waals surface area contributed by atoms with E-state index in [0.29, 0.717) is 18.8 Å². The van der Waals surface area contributed by atoms with Crippen LogP contribution in [0.15, 0.2) is 47.4 Å². The van der Waals surface area contributed by atoms with Gasteiger partial charge < -0.3 is 10.2 Å². The smallest absolute Gasteiger partial charge is 0.263 e. The Balaban J connectivity index is 2.25. The second kappa shape index (κ2) is 8.53. The molecular formula is C18H22ClN3O3S. The first-order valence-electron chi connectivity index (χ1n) is 8.01. The Morgan fingerprint density at radius 3 is 2.50 bits per heavy atom. The number of carbonyl (C=O) groups is 1. The van der Waals surface area contributed by atoms with Crippen molar-refractivity contribution in [2.24, 2.45) is 0 Å². The maximum atomic E-state index is 12.7. The third kappa shape index (κ3) is 5.20. The molecule has 26 heavy (non-hydrogen) atoms. The third-order valence-electron chi connectivity index (χ3n) is 3.72. The van der Waals surface area contributed by atoms with E-state index in [1.165, 1.54) is 18.2 Å². The number of hydrogen-bond acceptors (Lipinski definition) is 4. The molecule has 2 rings (SSSR count). The van der Waals surface area contributed by atoms with Crippen LogP contribution in [0.3, 0.4) is 0 Å². The van der Waals surface area contributed by atoms with E-state index in [-0.39, 0.29) is 21.4 Å². The number of sulfonamides is 1. The van der Waals surface area contributed by atoms with Gasteiger partial charge >= 0.3 is 0 Å². The van der Waals surface area contributed by atoms with Crippen molar-refractivity contribution in [3.8, 4) is 0 Å². The van der Waals surface area contributed by atoms with Crippen LogP contribution in [0.1, 0.15) is 15.9 Å². The number of para-hydroxylation sites is 1. The Morgan fingerprint density at radius 1 is 1.15 bits per heavy atom. The quantitative estimate of drug-likeness (QED) is 0.755. The largest absolute Gasteiger partial charge is 0.351 e. The first kappa shape index (κ1) is 20.2. The van der Waals surface area contributed by atoms with E-state index in [1.54, 1.807) is 25.1 Å². The summed E-state index contributed by atoms with van der Waals surface area (Å²) in [5.41, 5.74) is 1.48. The van der Waals surface area contributed by atoms with Gasteiger partial charge in [0.05, 0.1) is 10.7 Å². The Hall–Kier alpha value is -2.09. The highest BCUT2D eigenvalue weighted by Crippen LogP contribution is 2.26. The number of carbonyl (C=O) groups excluding carboxylic acids is 1. The SMILES string of the molecule is Cc1ccccc1NS(=O)(=O)c1cc(C(=O)NCCN(C)C)ccc1Cl. The van der Waals surface area contributed by atoms with Crippen LogP contribution in [0.5, 0.6) is 0 Å². The van der Waals surface area contributed by atoms with Gasteiger partial charge in [0, 0.05) is 18.7 Å². The molecule has 8 heteroatoms. The predicted molar refractivity (Wildman–Crippen MR) is 104 cm³/mol. The summed E-state index contributed by atoms with van der Waals surface area (Å²) in [6, 6.07) is 11.2. The molecule has 0 atom stereocenters. The molecule has 0 unspecified atom stereocenters. The fourth-order valence-corrected chi connectivity index (χ4v) is 3.89. The van der Waals surface area contributed by atoms with Gasteiger partial charge in [0.1, 0.15) is 4.90 Å². The number of amides is 1. The van der Waals surface area contributed by atoms with Crippen molar-refractivity contribution in [2.75, 3.05) is 31.9 Å². The predicted octanol–water partition coefficient (Wildman–Crippen LogP) is 2.74. The van der Waals surface area contributed by atoms with Crippen molar-refractivity contribution in [2.45, 2.75) is 11.8 Å². The van der Waals surface area contributed by atoms with Gasteiger partial charge in [0.15, 0.2) is 0 Å². The van der Waals surface area contributed by atoms with Gasteiger partial charge in [-0.05, 0) is 50.8 Å². The number of anilines is 1. The van der Waals surface area contributed by atoms with Gasteiger partial charge in [0.2, 0.25) is 0 Å². The monoisotopic (exact) mass is 395 g/mol. The average molecular weight is 396 g/mol. The zero-order chi connectivity index (χ0) is 19.3. The normalized spacial score (nSPS) is 11.4. The molecule has 0 aliphatic rings. The number of benzene rings is 2. The molecule has 0 heterocycles. The highest BCUT2D eigenvalue weighted by atomic mass is 35.5. The van der Waals surface area contributed by atoms with E-state index >= 15 is 0 Å². The Kier molecular flexibility index (Phi) is 6.63. The van der Waals surface area contributed by atoms with E-state index in [1.807, 2.05) is 25.1 Å². The van der Waals surface area contributed by atoms with Gasteiger partial charge in [-0.3, -0.25) is 9.52 Å². The van der Waals surface area contributed by atoms with Crippen LogP contribution in [-0.2, 0) is 10.0 Å². The fourth-order valence-electron chi connectivity index (χ4n) is 2.23. The highest BCUT2D eigenvalue weighted by molar-refractivity contribution is 7.92. The summed E-state index contributed by atoms with van der Waals surface area (Å²) in [6.45, 7) is 2.94. The second-order valence-electron chi connectivity index (χ2n) is 6.12. The minimum absolute atomic E-state index is 0.0518. The minimum Gasteiger partial charge on any atom is -0.351 e. The highest BCUT2D eigenvalue weighted by Gasteiger charge is 2.21. The minimum atomic E-state index is -3.93. The van der Waals surface area contributed by atoms with Crippen LogP contribution < -0.4 is 10.0 Å². The lowest BCUT2D eigenvalue weighted by molar-refractivity contribution is 0.0951.